The van der Waals surface area contributed by atoms with Crippen molar-refractivity contribution in [3.05, 3.63) is 44.9 Å². The molecule has 3 heterocycles. The molecule has 1 atom stereocenters. The van der Waals surface area contributed by atoms with Crippen LogP contribution in [0.5, 0.6) is 0 Å². The van der Waals surface area contributed by atoms with Crippen molar-refractivity contribution in [3.63, 3.8) is 0 Å². The number of rotatable bonds is 7. The van der Waals surface area contributed by atoms with Gasteiger partial charge in [-0.1, -0.05) is 23.6 Å². The monoisotopic (exact) mass is 377 g/mol. The lowest BCUT2D eigenvalue weighted by Crippen LogP contribution is -2.28. The van der Waals surface area contributed by atoms with Crippen LogP contribution in [-0.4, -0.2) is 24.7 Å². The molecule has 5 nitrogen and oxygen atoms in total. The molecule has 130 valence electrons. The maximum Gasteiger partial charge on any atom is 0.177 e. The number of ether oxygens (including phenoxy) is 1. The molecule has 0 amide bonds. The molecule has 0 spiro atoms. The van der Waals surface area contributed by atoms with Gasteiger partial charge in [-0.15, -0.1) is 17.8 Å². The summed E-state index contributed by atoms with van der Waals surface area (Å²) < 4.78 is 27.6. The van der Waals surface area contributed by atoms with Gasteiger partial charge in [0.05, 0.1) is 17.9 Å². The lowest BCUT2D eigenvalue weighted by Gasteiger charge is -2.08. The van der Waals surface area contributed by atoms with E-state index in [4.69, 9.17) is 35.7 Å². The Morgan fingerprint density at radius 2 is 2.48 bits per heavy atom. The largest absolute Gasteiger partial charge is 0.456 e. The van der Waals surface area contributed by atoms with Crippen molar-refractivity contribution in [1.82, 2.24) is 4.98 Å². The maximum atomic E-state index is 8.39. The summed E-state index contributed by atoms with van der Waals surface area (Å²) in [5.41, 5.74) is 7.38. The zero-order valence-electron chi connectivity index (χ0n) is 15.5. The molecular weight excluding hydrogens is 358 g/mol. The van der Waals surface area contributed by atoms with E-state index in [1.807, 2.05) is 17.5 Å². The smallest absolute Gasteiger partial charge is 0.177 e. The third-order valence-electron chi connectivity index (χ3n) is 3.45. The number of nitrogens with one attached hydrogen (secondary N) is 1. The standard InChI is InChI=1S/C18H18ClN3O2S/c1-3-13-15(7-11(20)10-23-2)24-18-14(8-16(19)22-17(13)18)21-9-12-5-4-6-25-12/h1,4-6,8,11H,7,9-10,20H2,2H3,(H,21,22)/t11-/m1/s1/i7D2. The fourth-order valence-electron chi connectivity index (χ4n) is 2.39. The van der Waals surface area contributed by atoms with Crippen LogP contribution in [0.15, 0.2) is 28.0 Å². The summed E-state index contributed by atoms with van der Waals surface area (Å²) in [5.74, 6) is 2.41. The molecule has 0 aliphatic carbocycles. The molecule has 0 aromatic carbocycles. The number of anilines is 1. The molecule has 0 bridgehead atoms. The quantitative estimate of drug-likeness (QED) is 0.485. The Hall–Kier alpha value is -2.04. The van der Waals surface area contributed by atoms with Crippen LogP contribution in [-0.2, 0) is 17.7 Å². The number of nitrogens with zero attached hydrogens (tertiary/aromatic N) is 1. The molecule has 25 heavy (non-hydrogen) atoms. The van der Waals surface area contributed by atoms with Crippen molar-refractivity contribution in [1.29, 1.82) is 0 Å². The highest BCUT2D eigenvalue weighted by Gasteiger charge is 2.20. The number of thiophene rings is 1. The van der Waals surface area contributed by atoms with Crippen molar-refractivity contribution in [3.8, 4) is 12.3 Å². The summed E-state index contributed by atoms with van der Waals surface area (Å²) in [6, 6.07) is 4.62. The first-order valence-corrected chi connectivity index (χ1v) is 8.75. The van der Waals surface area contributed by atoms with Crippen molar-refractivity contribution >= 4 is 39.7 Å². The van der Waals surface area contributed by atoms with Crippen molar-refractivity contribution in [2.24, 2.45) is 5.73 Å². The molecule has 3 N–H and O–H groups in total. The van der Waals surface area contributed by atoms with Gasteiger partial charge in [0.2, 0.25) is 0 Å². The van der Waals surface area contributed by atoms with Gasteiger partial charge in [-0.2, -0.15) is 0 Å². The van der Waals surface area contributed by atoms with Crippen LogP contribution in [0.3, 0.4) is 0 Å². The number of terminal acetylenes is 1. The second kappa shape index (κ2) is 7.89. The normalized spacial score (nSPS) is 14.0. The summed E-state index contributed by atoms with van der Waals surface area (Å²) in [6.07, 6.45) is 3.59. The number of methoxy groups -OCH3 is 1. The second-order valence-corrected chi connectivity index (χ2v) is 6.68. The molecule has 0 saturated carbocycles. The van der Waals surface area contributed by atoms with E-state index in [9.17, 15) is 0 Å². The minimum atomic E-state index is -2.05. The molecule has 3 aromatic rings. The van der Waals surface area contributed by atoms with E-state index in [-0.39, 0.29) is 23.1 Å². The van der Waals surface area contributed by atoms with E-state index in [1.54, 1.807) is 17.4 Å². The van der Waals surface area contributed by atoms with Gasteiger partial charge >= 0.3 is 0 Å². The lowest BCUT2D eigenvalue weighted by atomic mass is 10.1. The number of nitrogens with two attached hydrogens (primary N) is 1. The minimum absolute atomic E-state index is 0.00568. The predicted molar refractivity (Wildman–Crippen MR) is 102 cm³/mol. The van der Waals surface area contributed by atoms with Gasteiger partial charge in [-0.3, -0.25) is 0 Å². The van der Waals surface area contributed by atoms with Gasteiger partial charge in [0.25, 0.3) is 0 Å². The highest BCUT2D eigenvalue weighted by Crippen LogP contribution is 2.33. The number of halogens is 1. The van der Waals surface area contributed by atoms with E-state index < -0.39 is 12.4 Å². The predicted octanol–water partition coefficient (Wildman–Crippen LogP) is 3.65. The first kappa shape index (κ1) is 15.2. The SMILES string of the molecule is [2H]C([2H])(c1oc2c(NCc3cccs3)cc(Cl)nc2c1C#C)[C@@H](N)COC. The van der Waals surface area contributed by atoms with Crippen molar-refractivity contribution in [2.75, 3.05) is 19.0 Å². The average Bonchev–Trinajstić information content (AvgIpc) is 3.27. The lowest BCUT2D eigenvalue weighted by molar-refractivity contribution is 0.178. The summed E-state index contributed by atoms with van der Waals surface area (Å²) in [7, 11) is 1.45. The molecule has 0 unspecified atom stereocenters. The van der Waals surface area contributed by atoms with E-state index >= 15 is 0 Å². The van der Waals surface area contributed by atoms with Crippen molar-refractivity contribution < 1.29 is 11.9 Å². The van der Waals surface area contributed by atoms with Crippen molar-refractivity contribution in [2.45, 2.75) is 19.0 Å². The van der Waals surface area contributed by atoms with Gasteiger partial charge in [0.1, 0.15) is 16.4 Å². The number of furan rings is 1. The molecule has 0 radical (unpaired) electrons. The highest BCUT2D eigenvalue weighted by atomic mass is 35.5. The third kappa shape index (κ3) is 3.97. The van der Waals surface area contributed by atoms with Gasteiger partial charge < -0.3 is 20.2 Å². The van der Waals surface area contributed by atoms with Crippen LogP contribution in [0.25, 0.3) is 11.1 Å². The molecule has 0 fully saturated rings. The Morgan fingerprint density at radius 3 is 3.16 bits per heavy atom. The molecule has 7 heteroatoms. The van der Waals surface area contributed by atoms with E-state index in [0.717, 1.165) is 4.88 Å². The molecule has 3 aromatic heterocycles. The fraction of sp³-hybridized carbons (Fsp3) is 0.278. The van der Waals surface area contributed by atoms with Crippen LogP contribution in [0.2, 0.25) is 5.15 Å². The Labute approximate surface area is 157 Å². The fourth-order valence-corrected chi connectivity index (χ4v) is 3.23. The number of hydrogen-bond donors (Lipinski definition) is 2. The summed E-state index contributed by atoms with van der Waals surface area (Å²) in [6.45, 7) is 0.566. The van der Waals surface area contributed by atoms with Gasteiger partial charge in [-0.25, -0.2) is 4.98 Å². The van der Waals surface area contributed by atoms with Crippen LogP contribution in [0.4, 0.5) is 5.69 Å². The van der Waals surface area contributed by atoms with E-state index in [0.29, 0.717) is 23.3 Å². The molecular formula is C18H18ClN3O2S. The zero-order valence-corrected chi connectivity index (χ0v) is 15.1. The average molecular weight is 378 g/mol. The Kier molecular flexibility index (Phi) is 4.81. The Bertz CT molecular complexity index is 983. The molecule has 0 saturated heterocycles. The number of fused-ring (bicyclic) bond motifs is 1. The Balaban J connectivity index is 2.09. The molecule has 0 aliphatic heterocycles. The minimum Gasteiger partial charge on any atom is -0.456 e. The zero-order chi connectivity index (χ0) is 19.6. The maximum absolute atomic E-state index is 8.39. The van der Waals surface area contributed by atoms with E-state index in [1.165, 1.54) is 7.11 Å². The van der Waals surface area contributed by atoms with Crippen LogP contribution < -0.4 is 11.1 Å². The van der Waals surface area contributed by atoms with Crippen LogP contribution >= 0.6 is 22.9 Å². The third-order valence-corrected chi connectivity index (χ3v) is 4.52. The van der Waals surface area contributed by atoms with Gasteiger partial charge in [0.15, 0.2) is 5.58 Å². The summed E-state index contributed by atoms with van der Waals surface area (Å²) >= 11 is 7.77. The van der Waals surface area contributed by atoms with Crippen LogP contribution in [0.1, 0.15) is 18.9 Å². The van der Waals surface area contributed by atoms with Crippen LogP contribution in [0, 0.1) is 12.3 Å². The van der Waals surface area contributed by atoms with E-state index in [2.05, 4.69) is 16.2 Å². The van der Waals surface area contributed by atoms with Gasteiger partial charge in [-0.05, 0) is 11.4 Å². The Morgan fingerprint density at radius 1 is 1.64 bits per heavy atom. The number of hydrogen-bond acceptors (Lipinski definition) is 6. The second-order valence-electron chi connectivity index (χ2n) is 5.26. The topological polar surface area (TPSA) is 73.3 Å². The first-order valence-electron chi connectivity index (χ1n) is 8.49. The molecule has 3 rings (SSSR count). The molecule has 0 aliphatic rings. The first-order chi connectivity index (χ1) is 12.9. The number of aromatic nitrogens is 1. The highest BCUT2D eigenvalue weighted by molar-refractivity contribution is 7.09. The summed E-state index contributed by atoms with van der Waals surface area (Å²) in [4.78, 5) is 5.37. The van der Waals surface area contributed by atoms with Gasteiger partial charge in [0, 0.05) is 39.8 Å². The summed E-state index contributed by atoms with van der Waals surface area (Å²) in [5, 5.41) is 5.46. The number of pyridine rings is 1.